The molecule has 0 radical (unpaired) electrons. The first-order valence-electron chi connectivity index (χ1n) is 8.16. The number of nitrogen functional groups attached to an aromatic ring is 1. The summed E-state index contributed by atoms with van der Waals surface area (Å²) in [6, 6.07) is 0. The fraction of sp³-hybridized carbons (Fsp3) is 0.750. The van der Waals surface area contributed by atoms with Crippen LogP contribution in [0.15, 0.2) is 0 Å². The van der Waals surface area contributed by atoms with Crippen molar-refractivity contribution in [3.63, 3.8) is 0 Å². The third-order valence-corrected chi connectivity index (χ3v) is 4.52. The Balaban J connectivity index is 2.31. The number of nitrogens with one attached hydrogen (secondary N) is 1. The van der Waals surface area contributed by atoms with Gasteiger partial charge < -0.3 is 10.3 Å². The van der Waals surface area contributed by atoms with E-state index in [0.717, 1.165) is 42.0 Å². The molecule has 5 nitrogen and oxygen atoms in total. The lowest BCUT2D eigenvalue weighted by atomic mass is 9.98. The average Bonchev–Trinajstić information content (AvgIpc) is 2.72. The van der Waals surface area contributed by atoms with Crippen molar-refractivity contribution < 1.29 is 0 Å². The van der Waals surface area contributed by atoms with E-state index >= 15 is 0 Å². The molecule has 3 N–H and O–H groups in total. The molecule has 2 rings (SSSR count). The van der Waals surface area contributed by atoms with Crippen LogP contribution in [0, 0.1) is 12.8 Å². The molecule has 0 amide bonds. The van der Waals surface area contributed by atoms with E-state index < -0.39 is 0 Å². The van der Waals surface area contributed by atoms with Crippen LogP contribution in [-0.4, -0.2) is 23.1 Å². The lowest BCUT2D eigenvalue weighted by molar-refractivity contribution is 0.459. The first kappa shape index (κ1) is 16.0. The third-order valence-electron chi connectivity index (χ3n) is 4.52. The predicted octanol–water partition coefficient (Wildman–Crippen LogP) is 3.21. The van der Waals surface area contributed by atoms with Crippen molar-refractivity contribution in [2.45, 2.75) is 59.3 Å². The molecule has 1 atom stereocenters. The second-order valence-electron chi connectivity index (χ2n) is 6.37. The summed E-state index contributed by atoms with van der Waals surface area (Å²) in [5, 5.41) is 0. The van der Waals surface area contributed by atoms with E-state index in [9.17, 15) is 0 Å². The molecule has 1 aliphatic heterocycles. The second-order valence-corrected chi connectivity index (χ2v) is 6.37. The topological polar surface area (TPSA) is 67.1 Å². The van der Waals surface area contributed by atoms with Crippen molar-refractivity contribution in [2.24, 2.45) is 11.8 Å². The highest BCUT2D eigenvalue weighted by Crippen LogP contribution is 2.29. The predicted molar refractivity (Wildman–Crippen MR) is 88.5 cm³/mol. The first-order valence-corrected chi connectivity index (χ1v) is 8.16. The van der Waals surface area contributed by atoms with Gasteiger partial charge >= 0.3 is 0 Å². The Bertz CT molecular complexity index is 472. The molecule has 1 aliphatic rings. The molecular formula is C16H29N5. The number of hydrogen-bond donors (Lipinski definition) is 2. The molecule has 1 saturated heterocycles. The summed E-state index contributed by atoms with van der Waals surface area (Å²) in [5.74, 6) is 9.45. The zero-order chi connectivity index (χ0) is 15.4. The number of hydrazine groups is 1. The minimum atomic E-state index is 0.298. The molecule has 1 aromatic heterocycles. The summed E-state index contributed by atoms with van der Waals surface area (Å²) in [6.07, 6.45) is 5.10. The van der Waals surface area contributed by atoms with Crippen LogP contribution >= 0.6 is 0 Å². The maximum atomic E-state index is 5.63. The number of rotatable bonds is 4. The van der Waals surface area contributed by atoms with Crippen LogP contribution in [0.2, 0.25) is 0 Å². The van der Waals surface area contributed by atoms with Gasteiger partial charge in [0.05, 0.1) is 0 Å². The molecular weight excluding hydrogens is 262 g/mol. The molecule has 0 aromatic carbocycles. The summed E-state index contributed by atoms with van der Waals surface area (Å²) in [7, 11) is 0. The van der Waals surface area contributed by atoms with E-state index in [0.29, 0.717) is 5.92 Å². The highest BCUT2D eigenvalue weighted by molar-refractivity contribution is 5.58. The van der Waals surface area contributed by atoms with Gasteiger partial charge in [-0.25, -0.2) is 15.8 Å². The number of nitrogens with zero attached hydrogens (tertiary/aromatic N) is 3. The number of aromatic nitrogens is 2. The zero-order valence-corrected chi connectivity index (χ0v) is 13.8. The minimum Gasteiger partial charge on any atom is -0.356 e. The number of nitrogens with two attached hydrogens (primary N) is 1. The molecule has 0 saturated carbocycles. The number of hydrogen-bond acceptors (Lipinski definition) is 5. The maximum absolute atomic E-state index is 5.63. The van der Waals surface area contributed by atoms with Gasteiger partial charge in [0.2, 0.25) is 0 Å². The maximum Gasteiger partial charge on any atom is 0.148 e. The van der Waals surface area contributed by atoms with E-state index in [1.54, 1.807) is 0 Å². The molecule has 1 aromatic rings. The largest absolute Gasteiger partial charge is 0.356 e. The van der Waals surface area contributed by atoms with Crippen molar-refractivity contribution in [1.82, 2.24) is 9.97 Å². The van der Waals surface area contributed by atoms with E-state index in [1.165, 1.54) is 25.7 Å². The smallest absolute Gasteiger partial charge is 0.148 e. The second kappa shape index (κ2) is 7.07. The SMILES string of the molecule is CCC1CCCN(c2nc(C(C)C)nc(NN)c2C)CC1. The molecule has 1 unspecified atom stereocenters. The Morgan fingerprint density at radius 1 is 1.29 bits per heavy atom. The Morgan fingerprint density at radius 2 is 2.05 bits per heavy atom. The van der Waals surface area contributed by atoms with E-state index in [4.69, 9.17) is 10.8 Å². The van der Waals surface area contributed by atoms with E-state index in [-0.39, 0.29) is 0 Å². The molecule has 118 valence electrons. The highest BCUT2D eigenvalue weighted by atomic mass is 15.3. The Hall–Kier alpha value is -1.36. The molecule has 0 aliphatic carbocycles. The fourth-order valence-electron chi connectivity index (χ4n) is 3.01. The number of anilines is 2. The van der Waals surface area contributed by atoms with Crippen LogP contribution in [0.5, 0.6) is 0 Å². The quantitative estimate of drug-likeness (QED) is 0.658. The van der Waals surface area contributed by atoms with Gasteiger partial charge in [0, 0.05) is 24.6 Å². The van der Waals surface area contributed by atoms with Gasteiger partial charge in [-0.05, 0) is 32.1 Å². The third kappa shape index (κ3) is 3.64. The van der Waals surface area contributed by atoms with Gasteiger partial charge in [0.1, 0.15) is 17.5 Å². The zero-order valence-electron chi connectivity index (χ0n) is 13.8. The molecule has 21 heavy (non-hydrogen) atoms. The van der Waals surface area contributed by atoms with Crippen LogP contribution in [0.3, 0.4) is 0 Å². The van der Waals surface area contributed by atoms with Crippen molar-refractivity contribution in [3.8, 4) is 0 Å². The summed E-state index contributed by atoms with van der Waals surface area (Å²) >= 11 is 0. The van der Waals surface area contributed by atoms with Gasteiger partial charge in [-0.3, -0.25) is 0 Å². The van der Waals surface area contributed by atoms with Crippen LogP contribution < -0.4 is 16.2 Å². The molecule has 0 bridgehead atoms. The van der Waals surface area contributed by atoms with Gasteiger partial charge in [0.25, 0.3) is 0 Å². The monoisotopic (exact) mass is 291 g/mol. The summed E-state index contributed by atoms with van der Waals surface area (Å²) in [6.45, 7) is 10.7. The molecule has 1 fully saturated rings. The van der Waals surface area contributed by atoms with Gasteiger partial charge in [0.15, 0.2) is 0 Å². The van der Waals surface area contributed by atoms with Crippen LogP contribution in [0.1, 0.15) is 63.8 Å². The van der Waals surface area contributed by atoms with Crippen LogP contribution in [-0.2, 0) is 0 Å². The molecule has 0 spiro atoms. The summed E-state index contributed by atoms with van der Waals surface area (Å²) in [4.78, 5) is 11.8. The van der Waals surface area contributed by atoms with Crippen molar-refractivity contribution >= 4 is 11.6 Å². The fourth-order valence-corrected chi connectivity index (χ4v) is 3.01. The van der Waals surface area contributed by atoms with Gasteiger partial charge in [-0.15, -0.1) is 0 Å². The summed E-state index contributed by atoms with van der Waals surface area (Å²) in [5.41, 5.74) is 3.78. The minimum absolute atomic E-state index is 0.298. The van der Waals surface area contributed by atoms with E-state index in [1.807, 2.05) is 0 Å². The standard InChI is InChI=1S/C16H29N5/c1-5-13-7-6-9-21(10-8-13)16-12(4)15(20-17)18-14(19-16)11(2)3/h11,13H,5-10,17H2,1-4H3,(H,18,19,20). The van der Waals surface area contributed by atoms with Crippen molar-refractivity contribution in [1.29, 1.82) is 0 Å². The van der Waals surface area contributed by atoms with Crippen LogP contribution in [0.4, 0.5) is 11.6 Å². The van der Waals surface area contributed by atoms with E-state index in [2.05, 4.69) is 43.0 Å². The van der Waals surface area contributed by atoms with Crippen molar-refractivity contribution in [3.05, 3.63) is 11.4 Å². The lowest BCUT2D eigenvalue weighted by Gasteiger charge is -2.25. The van der Waals surface area contributed by atoms with Crippen molar-refractivity contribution in [2.75, 3.05) is 23.4 Å². The lowest BCUT2D eigenvalue weighted by Crippen LogP contribution is -2.28. The van der Waals surface area contributed by atoms with Gasteiger partial charge in [-0.1, -0.05) is 27.2 Å². The normalized spacial score (nSPS) is 19.7. The average molecular weight is 291 g/mol. The first-order chi connectivity index (χ1) is 10.1. The Labute approximate surface area is 128 Å². The Kier molecular flexibility index (Phi) is 5.39. The van der Waals surface area contributed by atoms with Gasteiger partial charge in [-0.2, -0.15) is 0 Å². The highest BCUT2D eigenvalue weighted by Gasteiger charge is 2.21. The molecule has 5 heteroatoms. The van der Waals surface area contributed by atoms with Crippen LogP contribution in [0.25, 0.3) is 0 Å². The molecule has 2 heterocycles. The Morgan fingerprint density at radius 3 is 2.67 bits per heavy atom. The summed E-state index contributed by atoms with van der Waals surface area (Å²) < 4.78 is 0.